The van der Waals surface area contributed by atoms with Crippen LogP contribution in [0.1, 0.15) is 12.0 Å². The molecule has 1 saturated carbocycles. The van der Waals surface area contributed by atoms with Crippen LogP contribution < -0.4 is 10.5 Å². The van der Waals surface area contributed by atoms with Crippen LogP contribution in [0.3, 0.4) is 0 Å². The van der Waals surface area contributed by atoms with Crippen LogP contribution in [-0.4, -0.2) is 24.5 Å². The minimum absolute atomic E-state index is 0.0758. The second kappa shape index (κ2) is 3.88. The fourth-order valence-electron chi connectivity index (χ4n) is 2.15. The third-order valence-corrected chi connectivity index (χ3v) is 3.36. The van der Waals surface area contributed by atoms with Gasteiger partial charge in [0, 0.05) is 24.6 Å². The molecule has 0 heterocycles. The van der Waals surface area contributed by atoms with Crippen molar-refractivity contribution in [3.63, 3.8) is 0 Å². The van der Waals surface area contributed by atoms with Crippen LogP contribution >= 0.6 is 0 Å². The number of nitro benzene ring substituents is 1. The van der Waals surface area contributed by atoms with Gasteiger partial charge < -0.3 is 10.5 Å². The van der Waals surface area contributed by atoms with E-state index in [4.69, 9.17) is 10.5 Å². The van der Waals surface area contributed by atoms with Gasteiger partial charge in [0.2, 0.25) is 0 Å². The van der Waals surface area contributed by atoms with Crippen molar-refractivity contribution < 1.29 is 18.4 Å². The average Bonchev–Trinajstić information content (AvgIpc) is 2.91. The number of nitrogens with zero attached hydrogens (tertiary/aromatic N) is 1. The highest BCUT2D eigenvalue weighted by molar-refractivity contribution is 5.52. The third kappa shape index (κ3) is 1.62. The van der Waals surface area contributed by atoms with Crippen molar-refractivity contribution in [3.05, 3.63) is 33.9 Å². The van der Waals surface area contributed by atoms with E-state index in [0.717, 1.165) is 6.07 Å². The number of hydrogen-bond donors (Lipinski definition) is 1. The summed E-state index contributed by atoms with van der Waals surface area (Å²) in [6.07, 6.45) is -0.356. The van der Waals surface area contributed by atoms with Gasteiger partial charge in [-0.25, -0.2) is 8.78 Å². The Balaban J connectivity index is 2.49. The molecule has 0 aliphatic heterocycles. The summed E-state index contributed by atoms with van der Waals surface area (Å²) in [7, 11) is 1.29. The van der Waals surface area contributed by atoms with Gasteiger partial charge in [0.1, 0.15) is 5.75 Å². The predicted octanol–water partition coefficient (Wildman–Crippen LogP) is 1.84. The molecule has 1 atom stereocenters. The molecule has 18 heavy (non-hydrogen) atoms. The summed E-state index contributed by atoms with van der Waals surface area (Å²) in [5, 5.41) is 10.6. The first-order valence-corrected chi connectivity index (χ1v) is 5.29. The van der Waals surface area contributed by atoms with Crippen LogP contribution in [0.5, 0.6) is 5.75 Å². The summed E-state index contributed by atoms with van der Waals surface area (Å²) >= 11 is 0. The van der Waals surface area contributed by atoms with Gasteiger partial charge in [0.05, 0.1) is 23.5 Å². The lowest BCUT2D eigenvalue weighted by molar-refractivity contribution is -0.384. The van der Waals surface area contributed by atoms with E-state index >= 15 is 0 Å². The smallest absolute Gasteiger partial charge is 0.273 e. The van der Waals surface area contributed by atoms with Gasteiger partial charge in [-0.15, -0.1) is 0 Å². The molecule has 1 unspecified atom stereocenters. The van der Waals surface area contributed by atoms with Gasteiger partial charge >= 0.3 is 0 Å². The number of methoxy groups -OCH3 is 1. The Kier molecular flexibility index (Phi) is 2.73. The summed E-state index contributed by atoms with van der Waals surface area (Å²) in [6.45, 7) is -0.228. The molecule has 1 aromatic carbocycles. The Morgan fingerprint density at radius 1 is 1.56 bits per heavy atom. The number of ether oxygens (including phenoxy) is 1. The molecule has 1 aliphatic carbocycles. The molecule has 1 aromatic rings. The second-order valence-electron chi connectivity index (χ2n) is 4.31. The molecule has 0 saturated heterocycles. The first-order valence-electron chi connectivity index (χ1n) is 5.29. The fourth-order valence-corrected chi connectivity index (χ4v) is 2.15. The number of nitro groups is 1. The second-order valence-corrected chi connectivity index (χ2v) is 4.31. The van der Waals surface area contributed by atoms with Crippen molar-refractivity contribution in [2.24, 2.45) is 5.73 Å². The van der Waals surface area contributed by atoms with Crippen LogP contribution in [0.15, 0.2) is 18.2 Å². The molecule has 0 amide bonds. The first-order chi connectivity index (χ1) is 8.38. The molecule has 0 bridgehead atoms. The molecule has 98 valence electrons. The van der Waals surface area contributed by atoms with Gasteiger partial charge in [-0.05, 0) is 6.07 Å². The Labute approximate surface area is 102 Å². The number of non-ortho nitro benzene ring substituents is 1. The summed E-state index contributed by atoms with van der Waals surface area (Å²) < 4.78 is 31.9. The minimum atomic E-state index is -2.88. The van der Waals surface area contributed by atoms with Crippen LogP contribution in [0, 0.1) is 10.1 Å². The maximum absolute atomic E-state index is 13.4. The van der Waals surface area contributed by atoms with Crippen molar-refractivity contribution in [3.8, 4) is 5.75 Å². The summed E-state index contributed by atoms with van der Waals surface area (Å²) in [5.41, 5.74) is 4.00. The summed E-state index contributed by atoms with van der Waals surface area (Å²) in [4.78, 5) is 10.0. The van der Waals surface area contributed by atoms with Crippen LogP contribution in [0.2, 0.25) is 0 Å². The predicted molar refractivity (Wildman–Crippen MR) is 59.9 cm³/mol. The monoisotopic (exact) mass is 258 g/mol. The molecule has 5 nitrogen and oxygen atoms in total. The number of alkyl halides is 2. The largest absolute Gasteiger partial charge is 0.496 e. The highest BCUT2D eigenvalue weighted by atomic mass is 19.3. The third-order valence-electron chi connectivity index (χ3n) is 3.36. The molecule has 2 N–H and O–H groups in total. The van der Waals surface area contributed by atoms with E-state index in [1.807, 2.05) is 0 Å². The van der Waals surface area contributed by atoms with Gasteiger partial charge in [0.25, 0.3) is 11.6 Å². The van der Waals surface area contributed by atoms with Crippen LogP contribution in [0.4, 0.5) is 14.5 Å². The topological polar surface area (TPSA) is 78.4 Å². The Morgan fingerprint density at radius 2 is 2.17 bits per heavy atom. The minimum Gasteiger partial charge on any atom is -0.496 e. The Hall–Kier alpha value is -1.76. The average molecular weight is 258 g/mol. The van der Waals surface area contributed by atoms with Gasteiger partial charge in [-0.2, -0.15) is 0 Å². The molecular formula is C11H12F2N2O3. The Bertz CT molecular complexity index is 507. The molecule has 0 radical (unpaired) electrons. The van der Waals surface area contributed by atoms with E-state index in [0.29, 0.717) is 0 Å². The van der Waals surface area contributed by atoms with Crippen molar-refractivity contribution in [2.75, 3.05) is 13.7 Å². The Morgan fingerprint density at radius 3 is 2.56 bits per heavy atom. The summed E-state index contributed by atoms with van der Waals surface area (Å²) in [5.74, 6) is -2.81. The van der Waals surface area contributed by atoms with E-state index in [2.05, 4.69) is 0 Å². The highest BCUT2D eigenvalue weighted by Gasteiger charge is 2.72. The zero-order valence-electron chi connectivity index (χ0n) is 9.65. The van der Waals surface area contributed by atoms with Gasteiger partial charge in [-0.1, -0.05) is 0 Å². The number of hydrogen-bond acceptors (Lipinski definition) is 4. The first kappa shape index (κ1) is 12.7. The highest BCUT2D eigenvalue weighted by Crippen LogP contribution is 2.62. The number of rotatable bonds is 4. The number of nitrogens with two attached hydrogens (primary N) is 1. The molecule has 2 rings (SSSR count). The maximum atomic E-state index is 13.4. The van der Waals surface area contributed by atoms with Gasteiger partial charge in [0.15, 0.2) is 0 Å². The van der Waals surface area contributed by atoms with E-state index < -0.39 is 16.3 Å². The van der Waals surface area contributed by atoms with E-state index in [1.54, 1.807) is 0 Å². The van der Waals surface area contributed by atoms with Crippen molar-refractivity contribution >= 4 is 5.69 Å². The molecule has 0 aromatic heterocycles. The number of benzene rings is 1. The van der Waals surface area contributed by atoms with Crippen molar-refractivity contribution in [1.82, 2.24) is 0 Å². The fraction of sp³-hybridized carbons (Fsp3) is 0.455. The summed E-state index contributed by atoms with van der Waals surface area (Å²) in [6, 6.07) is 3.62. The number of halogens is 2. The molecule has 1 aliphatic rings. The zero-order valence-corrected chi connectivity index (χ0v) is 9.65. The lowest BCUT2D eigenvalue weighted by atomic mass is 9.94. The maximum Gasteiger partial charge on any atom is 0.273 e. The lowest BCUT2D eigenvalue weighted by Gasteiger charge is -2.17. The lowest BCUT2D eigenvalue weighted by Crippen LogP contribution is -2.27. The normalized spacial score (nSPS) is 24.7. The zero-order chi connectivity index (χ0) is 13.6. The van der Waals surface area contributed by atoms with Crippen molar-refractivity contribution in [1.29, 1.82) is 0 Å². The molecule has 1 fully saturated rings. The molecular weight excluding hydrogens is 246 g/mol. The SMILES string of the molecule is COc1cc([N+](=O)[O-])ccc1C1(CN)CC1(F)F. The quantitative estimate of drug-likeness (QED) is 0.660. The van der Waals surface area contributed by atoms with Gasteiger partial charge in [-0.3, -0.25) is 10.1 Å². The van der Waals surface area contributed by atoms with Crippen LogP contribution in [-0.2, 0) is 5.41 Å². The van der Waals surface area contributed by atoms with Crippen molar-refractivity contribution in [2.45, 2.75) is 17.8 Å². The molecule has 0 spiro atoms. The van der Waals surface area contributed by atoms with E-state index in [-0.39, 0.29) is 30.0 Å². The van der Waals surface area contributed by atoms with Crippen LogP contribution in [0.25, 0.3) is 0 Å². The van der Waals surface area contributed by atoms with E-state index in [9.17, 15) is 18.9 Å². The van der Waals surface area contributed by atoms with E-state index in [1.165, 1.54) is 19.2 Å². The standard InChI is InChI=1S/C11H12F2N2O3/c1-18-9-4-7(15(16)17)2-3-8(9)10(6-14)5-11(10,12)13/h2-4H,5-6,14H2,1H3. The molecule has 7 heteroatoms.